The third kappa shape index (κ3) is 0.900. The zero-order chi connectivity index (χ0) is 8.13. The van der Waals surface area contributed by atoms with Gasteiger partial charge in [0, 0.05) is 12.0 Å². The maximum atomic E-state index is 11.6. The van der Waals surface area contributed by atoms with Crippen molar-refractivity contribution in [3.8, 4) is 0 Å². The van der Waals surface area contributed by atoms with E-state index >= 15 is 0 Å². The molecule has 0 aromatic heterocycles. The number of carbonyl (C=O) groups is 1. The Balaban J connectivity index is 1.95. The van der Waals surface area contributed by atoms with Crippen molar-refractivity contribution in [3.05, 3.63) is 0 Å². The van der Waals surface area contributed by atoms with E-state index < -0.39 is 0 Å². The Morgan fingerprint density at radius 1 is 1.00 bits per heavy atom. The Bertz CT molecular complexity index is 212. The Morgan fingerprint density at radius 3 is 2.33 bits per heavy atom. The first kappa shape index (κ1) is 6.93. The molecule has 2 saturated heterocycles. The summed E-state index contributed by atoms with van der Waals surface area (Å²) in [5, 5.41) is 3.16. The molecule has 2 nitrogen and oxygen atoms in total. The average molecular weight is 165 g/mol. The van der Waals surface area contributed by atoms with E-state index in [4.69, 9.17) is 0 Å². The lowest BCUT2D eigenvalue weighted by atomic mass is 9.68. The molecule has 2 heteroatoms. The van der Waals surface area contributed by atoms with Crippen LogP contribution in [0.25, 0.3) is 0 Å². The molecule has 4 aliphatic rings. The second-order valence-electron chi connectivity index (χ2n) is 4.81. The molecule has 2 saturated carbocycles. The highest BCUT2D eigenvalue weighted by Crippen LogP contribution is 2.44. The highest BCUT2D eigenvalue weighted by atomic mass is 16.2. The van der Waals surface area contributed by atoms with Crippen LogP contribution in [0, 0.1) is 17.8 Å². The van der Waals surface area contributed by atoms with Crippen LogP contribution in [0.5, 0.6) is 0 Å². The topological polar surface area (TPSA) is 29.1 Å². The summed E-state index contributed by atoms with van der Waals surface area (Å²) in [5.41, 5.74) is 0. The predicted octanol–water partition coefficient (Wildman–Crippen LogP) is 1.31. The lowest BCUT2D eigenvalue weighted by molar-refractivity contribution is -0.125. The molecule has 2 heterocycles. The van der Waals surface area contributed by atoms with E-state index in [1.165, 1.54) is 32.1 Å². The summed E-state index contributed by atoms with van der Waals surface area (Å²) in [6.07, 6.45) is 6.29. The third-order valence-electron chi connectivity index (χ3n) is 3.86. The van der Waals surface area contributed by atoms with Crippen LogP contribution >= 0.6 is 0 Å². The van der Waals surface area contributed by atoms with Crippen molar-refractivity contribution in [1.82, 2.24) is 5.32 Å². The van der Waals surface area contributed by atoms with Crippen LogP contribution in [0.2, 0.25) is 0 Å². The van der Waals surface area contributed by atoms with Gasteiger partial charge in [-0.3, -0.25) is 4.79 Å². The largest absolute Gasteiger partial charge is 0.353 e. The van der Waals surface area contributed by atoms with Crippen molar-refractivity contribution < 1.29 is 4.79 Å². The number of rotatable bonds is 0. The van der Waals surface area contributed by atoms with Gasteiger partial charge in [0.1, 0.15) is 0 Å². The first-order valence-corrected chi connectivity index (χ1v) is 5.11. The highest BCUT2D eigenvalue weighted by Gasteiger charge is 2.42. The molecule has 4 rings (SSSR count). The van der Waals surface area contributed by atoms with Crippen LogP contribution < -0.4 is 5.32 Å². The van der Waals surface area contributed by atoms with Gasteiger partial charge in [-0.05, 0) is 43.9 Å². The van der Waals surface area contributed by atoms with Gasteiger partial charge in [0.15, 0.2) is 0 Å². The second kappa shape index (κ2) is 2.24. The fourth-order valence-corrected chi connectivity index (χ4v) is 3.50. The predicted molar refractivity (Wildman–Crippen MR) is 45.5 cm³/mol. The minimum absolute atomic E-state index is 0.352. The number of nitrogens with one attached hydrogen (secondary N) is 1. The average Bonchev–Trinajstić information content (AvgIpc) is 2.16. The van der Waals surface area contributed by atoms with Crippen molar-refractivity contribution in [3.63, 3.8) is 0 Å². The number of fused-ring (bicyclic) bond motifs is 1. The minimum Gasteiger partial charge on any atom is -0.353 e. The number of hydrogen-bond acceptors (Lipinski definition) is 1. The zero-order valence-corrected chi connectivity index (χ0v) is 7.25. The van der Waals surface area contributed by atoms with Gasteiger partial charge in [-0.1, -0.05) is 0 Å². The van der Waals surface area contributed by atoms with Gasteiger partial charge in [0.25, 0.3) is 0 Å². The summed E-state index contributed by atoms with van der Waals surface area (Å²) in [6, 6.07) is 0.536. The molecule has 1 amide bonds. The number of carbonyl (C=O) groups excluding carboxylic acids is 1. The minimum atomic E-state index is 0.352. The monoisotopic (exact) mass is 165 g/mol. The molecule has 12 heavy (non-hydrogen) atoms. The molecule has 66 valence electrons. The van der Waals surface area contributed by atoms with Crippen molar-refractivity contribution in [2.45, 2.75) is 38.1 Å². The molecule has 4 bridgehead atoms. The first-order valence-electron chi connectivity index (χ1n) is 5.11. The van der Waals surface area contributed by atoms with Crippen LogP contribution in [0.1, 0.15) is 32.1 Å². The molecule has 4 fully saturated rings. The van der Waals surface area contributed by atoms with E-state index in [-0.39, 0.29) is 0 Å². The maximum Gasteiger partial charge on any atom is 0.223 e. The maximum absolute atomic E-state index is 11.6. The lowest BCUT2D eigenvalue weighted by Gasteiger charge is -2.36. The summed E-state index contributed by atoms with van der Waals surface area (Å²) in [5.74, 6) is 2.46. The Morgan fingerprint density at radius 2 is 1.67 bits per heavy atom. The van der Waals surface area contributed by atoms with Gasteiger partial charge in [0.05, 0.1) is 0 Å². The van der Waals surface area contributed by atoms with Gasteiger partial charge in [0.2, 0.25) is 5.91 Å². The van der Waals surface area contributed by atoms with Crippen LogP contribution in [-0.4, -0.2) is 11.9 Å². The summed E-state index contributed by atoms with van der Waals surface area (Å²) < 4.78 is 0. The Kier molecular flexibility index (Phi) is 1.29. The first-order chi connectivity index (χ1) is 5.81. The SMILES string of the molecule is O=C1NC2C[C@@H]3CC1C[C@@H](C2)C3. The van der Waals surface area contributed by atoms with E-state index in [1.807, 2.05) is 0 Å². The standard InChI is InChI=1S/C10H15NO/c12-10-8-2-6-1-7(3-8)5-9(4-6)11-10/h6-9H,1-5H2,(H,11,12)/t6-,7-,8?,9?/m0/s1. The van der Waals surface area contributed by atoms with E-state index in [0.717, 1.165) is 11.8 Å². The molecular weight excluding hydrogens is 150 g/mol. The van der Waals surface area contributed by atoms with E-state index in [1.54, 1.807) is 0 Å². The molecule has 0 aromatic rings. The van der Waals surface area contributed by atoms with Crippen molar-refractivity contribution in [1.29, 1.82) is 0 Å². The van der Waals surface area contributed by atoms with E-state index in [0.29, 0.717) is 17.9 Å². The van der Waals surface area contributed by atoms with Gasteiger partial charge >= 0.3 is 0 Å². The van der Waals surface area contributed by atoms with Crippen LogP contribution in [0.3, 0.4) is 0 Å². The molecule has 2 aliphatic heterocycles. The Hall–Kier alpha value is -0.530. The molecule has 2 atom stereocenters. The van der Waals surface area contributed by atoms with Crippen molar-refractivity contribution in [2.75, 3.05) is 0 Å². The summed E-state index contributed by atoms with van der Waals surface area (Å²) in [4.78, 5) is 11.6. The molecule has 1 N–H and O–H groups in total. The highest BCUT2D eigenvalue weighted by molar-refractivity contribution is 5.79. The fourth-order valence-electron chi connectivity index (χ4n) is 3.50. The van der Waals surface area contributed by atoms with Crippen molar-refractivity contribution >= 4 is 5.91 Å². The van der Waals surface area contributed by atoms with Crippen molar-refractivity contribution in [2.24, 2.45) is 17.8 Å². The quantitative estimate of drug-likeness (QED) is 0.576. The molecular formula is C10H15NO. The lowest BCUT2D eigenvalue weighted by Crippen LogP contribution is -2.35. The molecule has 0 radical (unpaired) electrons. The smallest absolute Gasteiger partial charge is 0.223 e. The fraction of sp³-hybridized carbons (Fsp3) is 0.900. The normalized spacial score (nSPS) is 50.5. The molecule has 2 aliphatic carbocycles. The molecule has 0 unspecified atom stereocenters. The van der Waals surface area contributed by atoms with Gasteiger partial charge in [-0.2, -0.15) is 0 Å². The molecule has 0 spiro atoms. The second-order valence-corrected chi connectivity index (χ2v) is 4.81. The summed E-state index contributed by atoms with van der Waals surface area (Å²) in [7, 11) is 0. The Labute approximate surface area is 72.7 Å². The van der Waals surface area contributed by atoms with Crippen LogP contribution in [0.4, 0.5) is 0 Å². The van der Waals surface area contributed by atoms with E-state index in [9.17, 15) is 4.79 Å². The van der Waals surface area contributed by atoms with Crippen LogP contribution in [-0.2, 0) is 4.79 Å². The molecule has 0 aromatic carbocycles. The summed E-state index contributed by atoms with van der Waals surface area (Å²) >= 11 is 0. The van der Waals surface area contributed by atoms with E-state index in [2.05, 4.69) is 5.32 Å². The zero-order valence-electron chi connectivity index (χ0n) is 7.25. The van der Waals surface area contributed by atoms with Gasteiger partial charge in [-0.15, -0.1) is 0 Å². The van der Waals surface area contributed by atoms with Gasteiger partial charge < -0.3 is 5.32 Å². The van der Waals surface area contributed by atoms with Gasteiger partial charge in [-0.25, -0.2) is 0 Å². The third-order valence-corrected chi connectivity index (χ3v) is 3.86. The summed E-state index contributed by atoms with van der Waals surface area (Å²) in [6.45, 7) is 0. The number of amides is 1. The number of hydrogen-bond donors (Lipinski definition) is 1. The van der Waals surface area contributed by atoms with Crippen LogP contribution in [0.15, 0.2) is 0 Å².